The van der Waals surface area contributed by atoms with Gasteiger partial charge < -0.3 is 0 Å². The van der Waals surface area contributed by atoms with Crippen LogP contribution in [-0.2, 0) is 0 Å². The minimum atomic E-state index is -1.40. The van der Waals surface area contributed by atoms with Gasteiger partial charge in [0.1, 0.15) is 0 Å². The number of hydrogen-bond donors (Lipinski definition) is 0. The molecule has 0 unspecified atom stereocenters. The van der Waals surface area contributed by atoms with E-state index in [1.807, 2.05) is 0 Å². The van der Waals surface area contributed by atoms with Gasteiger partial charge in [0.25, 0.3) is 0 Å². The van der Waals surface area contributed by atoms with Crippen molar-refractivity contribution in [2.75, 3.05) is 0 Å². The molecule has 1 heteroatoms. The van der Waals surface area contributed by atoms with Crippen LogP contribution in [0, 0.1) is 0 Å². The first-order chi connectivity index (χ1) is 3.48. The standard InChI is InChI=1S/C7H16Ge/c1-6-7(2)8(3,4)5/h2,6H2,1,3-5H3. The summed E-state index contributed by atoms with van der Waals surface area (Å²) in [5.41, 5.74) is 0. The van der Waals surface area contributed by atoms with E-state index in [0.717, 1.165) is 0 Å². The van der Waals surface area contributed by atoms with Crippen molar-refractivity contribution in [3.05, 3.63) is 11.0 Å². The van der Waals surface area contributed by atoms with Gasteiger partial charge in [-0.25, -0.2) is 0 Å². The quantitative estimate of drug-likeness (QED) is 0.563. The Kier molecular flexibility index (Phi) is 2.82. The fraction of sp³-hybridized carbons (Fsp3) is 0.714. The Morgan fingerprint density at radius 1 is 1.38 bits per heavy atom. The van der Waals surface area contributed by atoms with Gasteiger partial charge in [-0.2, -0.15) is 0 Å². The van der Waals surface area contributed by atoms with E-state index in [2.05, 4.69) is 30.8 Å². The molecule has 0 aliphatic carbocycles. The Balaban J connectivity index is 3.82. The summed E-state index contributed by atoms with van der Waals surface area (Å²) in [7, 11) is 0. The molecule has 0 nitrogen and oxygen atoms in total. The van der Waals surface area contributed by atoms with Crippen LogP contribution in [0.15, 0.2) is 11.0 Å². The van der Waals surface area contributed by atoms with Gasteiger partial charge >= 0.3 is 54.9 Å². The monoisotopic (exact) mass is 174 g/mol. The third-order valence-corrected chi connectivity index (χ3v) is 6.68. The summed E-state index contributed by atoms with van der Waals surface area (Å²) in [6, 6.07) is 0. The van der Waals surface area contributed by atoms with Crippen molar-refractivity contribution in [2.24, 2.45) is 0 Å². The molecule has 0 aliphatic rings. The summed E-state index contributed by atoms with van der Waals surface area (Å²) in [5.74, 6) is 7.14. The van der Waals surface area contributed by atoms with Gasteiger partial charge in [-0.15, -0.1) is 0 Å². The Hall–Kier alpha value is 0.283. The molecule has 0 spiro atoms. The Morgan fingerprint density at radius 3 is 1.75 bits per heavy atom. The van der Waals surface area contributed by atoms with Crippen LogP contribution in [0.5, 0.6) is 0 Å². The fourth-order valence-electron chi connectivity index (χ4n) is 0.530. The van der Waals surface area contributed by atoms with Crippen molar-refractivity contribution in [2.45, 2.75) is 30.6 Å². The number of allylic oxidation sites excluding steroid dienone is 1. The second kappa shape index (κ2) is 2.72. The van der Waals surface area contributed by atoms with E-state index >= 15 is 0 Å². The minimum absolute atomic E-state index is 1.18. The normalized spacial score (nSPS) is 11.5. The molecular formula is C7H16Ge. The summed E-state index contributed by atoms with van der Waals surface area (Å²) in [6.45, 7) is 6.22. The first-order valence-corrected chi connectivity index (χ1v) is 10.5. The van der Waals surface area contributed by atoms with Crippen LogP contribution in [0.2, 0.25) is 17.3 Å². The van der Waals surface area contributed by atoms with E-state index in [0.29, 0.717) is 0 Å². The van der Waals surface area contributed by atoms with Crippen molar-refractivity contribution in [3.8, 4) is 0 Å². The van der Waals surface area contributed by atoms with Crippen LogP contribution in [0.25, 0.3) is 0 Å². The van der Waals surface area contributed by atoms with Crippen molar-refractivity contribution < 1.29 is 0 Å². The predicted octanol–water partition coefficient (Wildman–Crippen LogP) is 2.83. The summed E-state index contributed by atoms with van der Waals surface area (Å²) in [4.78, 5) is 0. The van der Waals surface area contributed by atoms with Crippen molar-refractivity contribution in [1.82, 2.24) is 0 Å². The maximum atomic E-state index is 4.03. The third kappa shape index (κ3) is 2.56. The first-order valence-electron chi connectivity index (χ1n) is 3.16. The predicted molar refractivity (Wildman–Crippen MR) is 42.8 cm³/mol. The van der Waals surface area contributed by atoms with Crippen LogP contribution in [0.4, 0.5) is 0 Å². The molecule has 0 amide bonds. The van der Waals surface area contributed by atoms with Gasteiger partial charge in [0, 0.05) is 0 Å². The van der Waals surface area contributed by atoms with Crippen molar-refractivity contribution in [1.29, 1.82) is 0 Å². The van der Waals surface area contributed by atoms with Crippen LogP contribution in [-0.4, -0.2) is 13.3 Å². The zero-order valence-electron chi connectivity index (χ0n) is 6.41. The third-order valence-electron chi connectivity index (χ3n) is 1.49. The van der Waals surface area contributed by atoms with E-state index in [-0.39, 0.29) is 0 Å². The average molecular weight is 173 g/mol. The van der Waals surface area contributed by atoms with E-state index in [4.69, 9.17) is 0 Å². The van der Waals surface area contributed by atoms with Crippen LogP contribution >= 0.6 is 0 Å². The van der Waals surface area contributed by atoms with E-state index < -0.39 is 13.3 Å². The molecule has 0 rings (SSSR count). The zero-order valence-corrected chi connectivity index (χ0v) is 8.51. The molecule has 0 bridgehead atoms. The van der Waals surface area contributed by atoms with Gasteiger partial charge in [-0.3, -0.25) is 0 Å². The topological polar surface area (TPSA) is 0 Å². The SMILES string of the molecule is C=[C](CC)[Ge]([CH3])([CH3])[CH3]. The Bertz CT molecular complexity index is 87.1. The van der Waals surface area contributed by atoms with Gasteiger partial charge in [0.05, 0.1) is 0 Å². The molecule has 0 heterocycles. The van der Waals surface area contributed by atoms with E-state index in [1.165, 1.54) is 10.8 Å². The second-order valence-electron chi connectivity index (χ2n) is 3.21. The van der Waals surface area contributed by atoms with Gasteiger partial charge in [-0.05, 0) is 0 Å². The molecule has 0 saturated heterocycles. The molecule has 0 aromatic carbocycles. The molecule has 0 aromatic heterocycles. The Labute approximate surface area is 55.3 Å². The number of rotatable bonds is 2. The van der Waals surface area contributed by atoms with Gasteiger partial charge in [-0.1, -0.05) is 0 Å². The van der Waals surface area contributed by atoms with Crippen LogP contribution in [0.1, 0.15) is 13.3 Å². The van der Waals surface area contributed by atoms with Gasteiger partial charge in [0.15, 0.2) is 0 Å². The molecule has 0 radical (unpaired) electrons. The molecule has 0 aromatic rings. The molecule has 0 aliphatic heterocycles. The Morgan fingerprint density at radius 2 is 1.75 bits per heavy atom. The molecule has 0 fully saturated rings. The number of hydrogen-bond acceptors (Lipinski definition) is 0. The molecule has 0 saturated carbocycles. The maximum absolute atomic E-state index is 4.03. The van der Waals surface area contributed by atoms with Crippen LogP contribution < -0.4 is 0 Å². The summed E-state index contributed by atoms with van der Waals surface area (Å²) < 4.78 is 1.52. The van der Waals surface area contributed by atoms with Gasteiger partial charge in [0.2, 0.25) is 0 Å². The van der Waals surface area contributed by atoms with Crippen molar-refractivity contribution in [3.63, 3.8) is 0 Å². The average Bonchev–Trinajstić information content (AvgIpc) is 1.62. The summed E-state index contributed by atoms with van der Waals surface area (Å²) >= 11 is -1.40. The zero-order chi connectivity index (χ0) is 6.78. The summed E-state index contributed by atoms with van der Waals surface area (Å²) in [5, 5.41) is 0. The van der Waals surface area contributed by atoms with E-state index in [1.54, 1.807) is 0 Å². The summed E-state index contributed by atoms with van der Waals surface area (Å²) in [6.07, 6.45) is 1.18. The molecular weight excluding hydrogens is 157 g/mol. The van der Waals surface area contributed by atoms with Crippen molar-refractivity contribution >= 4 is 13.3 Å². The first kappa shape index (κ1) is 8.28. The van der Waals surface area contributed by atoms with Crippen LogP contribution in [0.3, 0.4) is 0 Å². The molecule has 8 heavy (non-hydrogen) atoms. The molecule has 0 N–H and O–H groups in total. The second-order valence-corrected chi connectivity index (χ2v) is 14.1. The molecule has 48 valence electrons. The van der Waals surface area contributed by atoms with E-state index in [9.17, 15) is 0 Å². The molecule has 0 atom stereocenters. The fourth-order valence-corrected chi connectivity index (χ4v) is 2.76.